The van der Waals surface area contributed by atoms with Gasteiger partial charge in [-0.1, -0.05) is 6.42 Å². The minimum Gasteiger partial charge on any atom is -0.395 e. The summed E-state index contributed by atoms with van der Waals surface area (Å²) in [5.41, 5.74) is 1.20. The van der Waals surface area contributed by atoms with Gasteiger partial charge in [0.15, 0.2) is 0 Å². The molecule has 0 amide bonds. The Kier molecular flexibility index (Phi) is 3.43. The maximum Gasteiger partial charge on any atom is 0.0963 e. The molecule has 1 aromatic rings. The van der Waals surface area contributed by atoms with Crippen LogP contribution in [0.25, 0.3) is 0 Å². The SMILES string of the molecule is Cc1nc(C2CCOCC2)sc1C1(CO)CCC1. The molecule has 2 heterocycles. The van der Waals surface area contributed by atoms with E-state index in [2.05, 4.69) is 6.92 Å². The molecule has 18 heavy (non-hydrogen) atoms. The van der Waals surface area contributed by atoms with Crippen molar-refractivity contribution in [3.8, 4) is 0 Å². The molecule has 0 radical (unpaired) electrons. The lowest BCUT2D eigenvalue weighted by Crippen LogP contribution is -2.37. The van der Waals surface area contributed by atoms with E-state index in [0.29, 0.717) is 5.92 Å². The first-order chi connectivity index (χ1) is 8.75. The molecule has 4 heteroatoms. The lowest BCUT2D eigenvalue weighted by molar-refractivity contribution is 0.0852. The van der Waals surface area contributed by atoms with E-state index in [-0.39, 0.29) is 12.0 Å². The Balaban J connectivity index is 1.85. The summed E-state index contributed by atoms with van der Waals surface area (Å²) in [6.07, 6.45) is 5.68. The maximum absolute atomic E-state index is 9.69. The van der Waals surface area contributed by atoms with Crippen molar-refractivity contribution in [2.75, 3.05) is 19.8 Å². The summed E-state index contributed by atoms with van der Waals surface area (Å²) in [7, 11) is 0. The van der Waals surface area contributed by atoms with Crippen LogP contribution in [0.15, 0.2) is 0 Å². The molecule has 1 aliphatic carbocycles. The molecule has 2 aliphatic rings. The van der Waals surface area contributed by atoms with Gasteiger partial charge < -0.3 is 9.84 Å². The molecule has 1 N–H and O–H groups in total. The van der Waals surface area contributed by atoms with Gasteiger partial charge in [-0.3, -0.25) is 0 Å². The molecule has 2 fully saturated rings. The van der Waals surface area contributed by atoms with Crippen LogP contribution < -0.4 is 0 Å². The Labute approximate surface area is 112 Å². The number of aliphatic hydroxyl groups is 1. The Morgan fingerprint density at radius 1 is 1.39 bits per heavy atom. The summed E-state index contributed by atoms with van der Waals surface area (Å²) in [6.45, 7) is 4.11. The van der Waals surface area contributed by atoms with Crippen LogP contribution in [-0.4, -0.2) is 29.9 Å². The van der Waals surface area contributed by atoms with Gasteiger partial charge >= 0.3 is 0 Å². The fourth-order valence-electron chi connectivity index (χ4n) is 3.09. The number of aromatic nitrogens is 1. The van der Waals surface area contributed by atoms with Gasteiger partial charge in [-0.15, -0.1) is 11.3 Å². The first-order valence-corrected chi connectivity index (χ1v) is 7.73. The number of hydrogen-bond acceptors (Lipinski definition) is 4. The fourth-order valence-corrected chi connectivity index (χ4v) is 4.56. The first-order valence-electron chi connectivity index (χ1n) is 6.91. The summed E-state index contributed by atoms with van der Waals surface area (Å²) in [5, 5.41) is 11.0. The maximum atomic E-state index is 9.69. The molecule has 0 atom stereocenters. The van der Waals surface area contributed by atoms with E-state index < -0.39 is 0 Å². The number of ether oxygens (including phenoxy) is 1. The van der Waals surface area contributed by atoms with Crippen LogP contribution in [0.2, 0.25) is 0 Å². The molecule has 3 rings (SSSR count). The summed E-state index contributed by atoms with van der Waals surface area (Å²) < 4.78 is 5.42. The number of aryl methyl sites for hydroxylation is 1. The average Bonchev–Trinajstić information content (AvgIpc) is 2.73. The molecule has 0 unspecified atom stereocenters. The predicted molar refractivity (Wildman–Crippen MR) is 72.3 cm³/mol. The van der Waals surface area contributed by atoms with Crippen LogP contribution in [0.3, 0.4) is 0 Å². The van der Waals surface area contributed by atoms with Gasteiger partial charge in [0, 0.05) is 29.4 Å². The highest BCUT2D eigenvalue weighted by Crippen LogP contribution is 2.48. The van der Waals surface area contributed by atoms with Crippen LogP contribution in [0.4, 0.5) is 0 Å². The highest BCUT2D eigenvalue weighted by atomic mass is 32.1. The van der Waals surface area contributed by atoms with Crippen LogP contribution in [-0.2, 0) is 10.2 Å². The van der Waals surface area contributed by atoms with E-state index in [4.69, 9.17) is 9.72 Å². The van der Waals surface area contributed by atoms with Crippen LogP contribution >= 0.6 is 11.3 Å². The summed E-state index contributed by atoms with van der Waals surface area (Å²) in [5.74, 6) is 0.576. The zero-order valence-electron chi connectivity index (χ0n) is 10.9. The van der Waals surface area contributed by atoms with Crippen molar-refractivity contribution in [2.45, 2.75) is 50.4 Å². The highest BCUT2D eigenvalue weighted by molar-refractivity contribution is 7.12. The third kappa shape index (κ3) is 2.00. The smallest absolute Gasteiger partial charge is 0.0963 e. The zero-order valence-corrected chi connectivity index (χ0v) is 11.8. The van der Waals surface area contributed by atoms with Crippen LogP contribution in [0.1, 0.15) is 53.6 Å². The summed E-state index contributed by atoms with van der Waals surface area (Å²) in [4.78, 5) is 6.13. The molecular weight excluding hydrogens is 246 g/mol. The number of nitrogens with zero attached hydrogens (tertiary/aromatic N) is 1. The van der Waals surface area contributed by atoms with Gasteiger partial charge in [0.05, 0.1) is 17.3 Å². The molecular formula is C14H21NO2S. The first kappa shape index (κ1) is 12.6. The van der Waals surface area contributed by atoms with Crippen molar-refractivity contribution < 1.29 is 9.84 Å². The second kappa shape index (κ2) is 4.91. The lowest BCUT2D eigenvalue weighted by Gasteiger charge is -2.39. The van der Waals surface area contributed by atoms with Gasteiger partial charge in [0.2, 0.25) is 0 Å². The van der Waals surface area contributed by atoms with Gasteiger partial charge in [0.25, 0.3) is 0 Å². The number of hydrogen-bond donors (Lipinski definition) is 1. The highest BCUT2D eigenvalue weighted by Gasteiger charge is 2.41. The van der Waals surface area contributed by atoms with E-state index in [1.165, 1.54) is 16.3 Å². The quantitative estimate of drug-likeness (QED) is 0.915. The van der Waals surface area contributed by atoms with Gasteiger partial charge in [0.1, 0.15) is 0 Å². The molecule has 100 valence electrons. The van der Waals surface area contributed by atoms with Gasteiger partial charge in [-0.05, 0) is 32.6 Å². The normalized spacial score (nSPS) is 23.9. The summed E-state index contributed by atoms with van der Waals surface area (Å²) in [6, 6.07) is 0. The third-order valence-electron chi connectivity index (χ3n) is 4.48. The monoisotopic (exact) mass is 267 g/mol. The topological polar surface area (TPSA) is 42.4 Å². The minimum atomic E-state index is 0.0468. The Hall–Kier alpha value is -0.450. The second-order valence-corrected chi connectivity index (χ2v) is 6.68. The van der Waals surface area contributed by atoms with E-state index in [1.807, 2.05) is 11.3 Å². The standard InChI is InChI=1S/C14H21NO2S/c1-10-12(14(9-16)5-2-6-14)18-13(15-10)11-3-7-17-8-4-11/h11,16H,2-9H2,1H3. The summed E-state index contributed by atoms with van der Waals surface area (Å²) >= 11 is 1.85. The predicted octanol–water partition coefficient (Wildman–Crippen LogP) is 2.76. The fraction of sp³-hybridized carbons (Fsp3) is 0.786. The number of thiazole rings is 1. The lowest BCUT2D eigenvalue weighted by atomic mass is 9.68. The molecule has 0 bridgehead atoms. The molecule has 3 nitrogen and oxygen atoms in total. The van der Waals surface area contributed by atoms with Gasteiger partial charge in [-0.2, -0.15) is 0 Å². The number of aliphatic hydroxyl groups excluding tert-OH is 1. The van der Waals surface area contributed by atoms with Crippen molar-refractivity contribution in [2.24, 2.45) is 0 Å². The second-order valence-electron chi connectivity index (χ2n) is 5.65. The molecule has 0 aromatic carbocycles. The Morgan fingerprint density at radius 2 is 2.11 bits per heavy atom. The molecule has 1 aromatic heterocycles. The zero-order chi connectivity index (χ0) is 12.6. The molecule has 0 spiro atoms. The Morgan fingerprint density at radius 3 is 2.67 bits per heavy atom. The van der Waals surface area contributed by atoms with Crippen LogP contribution in [0.5, 0.6) is 0 Å². The van der Waals surface area contributed by atoms with Crippen molar-refractivity contribution in [3.63, 3.8) is 0 Å². The van der Waals surface area contributed by atoms with Crippen LogP contribution in [0, 0.1) is 6.92 Å². The molecule has 1 saturated heterocycles. The van der Waals surface area contributed by atoms with Crippen molar-refractivity contribution in [1.29, 1.82) is 0 Å². The Bertz CT molecular complexity index is 414. The van der Waals surface area contributed by atoms with Crippen molar-refractivity contribution in [1.82, 2.24) is 4.98 Å². The van der Waals surface area contributed by atoms with E-state index in [0.717, 1.165) is 44.6 Å². The van der Waals surface area contributed by atoms with Gasteiger partial charge in [-0.25, -0.2) is 4.98 Å². The molecule has 1 aliphatic heterocycles. The minimum absolute atomic E-state index is 0.0468. The van der Waals surface area contributed by atoms with E-state index in [1.54, 1.807) is 0 Å². The van der Waals surface area contributed by atoms with E-state index >= 15 is 0 Å². The number of rotatable bonds is 3. The van der Waals surface area contributed by atoms with Crippen molar-refractivity contribution in [3.05, 3.63) is 15.6 Å². The molecule has 1 saturated carbocycles. The third-order valence-corrected chi connectivity index (χ3v) is 6.04. The van der Waals surface area contributed by atoms with E-state index in [9.17, 15) is 5.11 Å². The largest absolute Gasteiger partial charge is 0.395 e. The van der Waals surface area contributed by atoms with Crippen molar-refractivity contribution >= 4 is 11.3 Å². The average molecular weight is 267 g/mol.